The number of hydrogen-bond acceptors (Lipinski definition) is 1. The number of amides is 1. The van der Waals surface area contributed by atoms with Crippen LogP contribution in [0, 0.1) is 27.7 Å². The molecule has 2 aromatic rings. The number of hydrogen-bond donors (Lipinski definition) is 1. The summed E-state index contributed by atoms with van der Waals surface area (Å²) in [5, 5.41) is 2.98. The highest BCUT2D eigenvalue weighted by atomic mass is 16.1. The average molecular weight is 253 g/mol. The Labute approximate surface area is 114 Å². The summed E-state index contributed by atoms with van der Waals surface area (Å²) in [7, 11) is 0. The Morgan fingerprint density at radius 1 is 0.842 bits per heavy atom. The average Bonchev–Trinajstić information content (AvgIpc) is 2.35. The second kappa shape index (κ2) is 5.27. The lowest BCUT2D eigenvalue weighted by molar-refractivity contribution is 0.102. The smallest absolute Gasteiger partial charge is 0.255 e. The highest BCUT2D eigenvalue weighted by Gasteiger charge is 2.10. The summed E-state index contributed by atoms with van der Waals surface area (Å²) in [6, 6.07) is 11.9. The van der Waals surface area contributed by atoms with Crippen LogP contribution >= 0.6 is 0 Å². The van der Waals surface area contributed by atoms with Crippen molar-refractivity contribution in [3.05, 3.63) is 64.2 Å². The SMILES string of the molecule is Cc1ccc(NC(=O)c2cc(C)ccc2C)c(C)c1. The van der Waals surface area contributed by atoms with Gasteiger partial charge in [-0.1, -0.05) is 35.4 Å². The molecule has 0 aliphatic carbocycles. The van der Waals surface area contributed by atoms with Crippen molar-refractivity contribution in [1.82, 2.24) is 0 Å². The molecule has 2 rings (SSSR count). The minimum absolute atomic E-state index is 0.0480. The summed E-state index contributed by atoms with van der Waals surface area (Å²) >= 11 is 0. The van der Waals surface area contributed by atoms with Gasteiger partial charge in [-0.2, -0.15) is 0 Å². The molecule has 2 nitrogen and oxygen atoms in total. The molecule has 0 unspecified atom stereocenters. The van der Waals surface area contributed by atoms with Crippen LogP contribution in [0.5, 0.6) is 0 Å². The standard InChI is InChI=1S/C17H19NO/c1-11-6-8-16(14(4)9-11)18-17(19)15-10-12(2)5-7-13(15)3/h5-10H,1-4H3,(H,18,19). The maximum absolute atomic E-state index is 12.3. The second-order valence-electron chi connectivity index (χ2n) is 5.09. The first kappa shape index (κ1) is 13.3. The Bertz CT molecular complexity index is 629. The molecule has 0 bridgehead atoms. The topological polar surface area (TPSA) is 29.1 Å². The molecule has 0 fully saturated rings. The van der Waals surface area contributed by atoms with Crippen LogP contribution in [0.3, 0.4) is 0 Å². The van der Waals surface area contributed by atoms with E-state index >= 15 is 0 Å². The first-order chi connectivity index (χ1) is 8.97. The van der Waals surface area contributed by atoms with E-state index in [4.69, 9.17) is 0 Å². The van der Waals surface area contributed by atoms with Gasteiger partial charge in [0, 0.05) is 11.3 Å². The van der Waals surface area contributed by atoms with Gasteiger partial charge >= 0.3 is 0 Å². The molecular weight excluding hydrogens is 234 g/mol. The number of carbonyl (C=O) groups is 1. The van der Waals surface area contributed by atoms with Gasteiger partial charge < -0.3 is 5.32 Å². The first-order valence-corrected chi connectivity index (χ1v) is 6.43. The van der Waals surface area contributed by atoms with Crippen LogP contribution < -0.4 is 5.32 Å². The van der Waals surface area contributed by atoms with Gasteiger partial charge in [-0.05, 0) is 51.0 Å². The number of nitrogens with one attached hydrogen (secondary N) is 1. The molecule has 0 radical (unpaired) electrons. The van der Waals surface area contributed by atoms with E-state index in [-0.39, 0.29) is 5.91 Å². The van der Waals surface area contributed by atoms with Crippen molar-refractivity contribution in [2.45, 2.75) is 27.7 Å². The van der Waals surface area contributed by atoms with Crippen molar-refractivity contribution in [3.63, 3.8) is 0 Å². The lowest BCUT2D eigenvalue weighted by atomic mass is 10.0. The van der Waals surface area contributed by atoms with Crippen molar-refractivity contribution in [3.8, 4) is 0 Å². The van der Waals surface area contributed by atoms with E-state index in [1.165, 1.54) is 5.56 Å². The highest BCUT2D eigenvalue weighted by molar-refractivity contribution is 6.05. The van der Waals surface area contributed by atoms with E-state index in [0.29, 0.717) is 0 Å². The zero-order valence-electron chi connectivity index (χ0n) is 11.9. The third-order valence-electron chi connectivity index (χ3n) is 3.27. The van der Waals surface area contributed by atoms with Crippen molar-refractivity contribution in [1.29, 1.82) is 0 Å². The van der Waals surface area contributed by atoms with Crippen LogP contribution in [-0.2, 0) is 0 Å². The molecule has 0 saturated heterocycles. The van der Waals surface area contributed by atoms with Gasteiger partial charge in [-0.25, -0.2) is 0 Å². The zero-order valence-corrected chi connectivity index (χ0v) is 11.9. The summed E-state index contributed by atoms with van der Waals surface area (Å²) < 4.78 is 0. The number of benzene rings is 2. The Hall–Kier alpha value is -2.09. The molecule has 0 spiro atoms. The van der Waals surface area contributed by atoms with Gasteiger partial charge in [0.15, 0.2) is 0 Å². The van der Waals surface area contributed by atoms with Gasteiger partial charge in [-0.3, -0.25) is 4.79 Å². The number of carbonyl (C=O) groups excluding carboxylic acids is 1. The number of aryl methyl sites for hydroxylation is 4. The minimum Gasteiger partial charge on any atom is -0.322 e. The fourth-order valence-corrected chi connectivity index (χ4v) is 2.12. The molecule has 98 valence electrons. The van der Waals surface area contributed by atoms with Crippen molar-refractivity contribution >= 4 is 11.6 Å². The Balaban J connectivity index is 2.28. The van der Waals surface area contributed by atoms with E-state index in [2.05, 4.69) is 11.4 Å². The van der Waals surface area contributed by atoms with E-state index in [1.807, 2.05) is 58.0 Å². The monoisotopic (exact) mass is 253 g/mol. The van der Waals surface area contributed by atoms with Gasteiger partial charge in [0.05, 0.1) is 0 Å². The van der Waals surface area contributed by atoms with Gasteiger partial charge in [0.25, 0.3) is 5.91 Å². The Morgan fingerprint density at radius 3 is 2.16 bits per heavy atom. The minimum atomic E-state index is -0.0480. The lowest BCUT2D eigenvalue weighted by Crippen LogP contribution is -2.14. The molecule has 0 aromatic heterocycles. The van der Waals surface area contributed by atoms with Crippen LogP contribution in [-0.4, -0.2) is 5.91 Å². The normalized spacial score (nSPS) is 10.3. The molecule has 19 heavy (non-hydrogen) atoms. The van der Waals surface area contributed by atoms with Gasteiger partial charge in [0.1, 0.15) is 0 Å². The fraction of sp³-hybridized carbons (Fsp3) is 0.235. The maximum atomic E-state index is 12.3. The largest absolute Gasteiger partial charge is 0.322 e. The van der Waals surface area contributed by atoms with E-state index in [9.17, 15) is 4.79 Å². The maximum Gasteiger partial charge on any atom is 0.255 e. The van der Waals surface area contributed by atoms with Crippen LogP contribution in [0.2, 0.25) is 0 Å². The van der Waals surface area contributed by atoms with E-state index < -0.39 is 0 Å². The second-order valence-corrected chi connectivity index (χ2v) is 5.09. The third kappa shape index (κ3) is 3.02. The number of rotatable bonds is 2. The molecule has 0 saturated carbocycles. The Kier molecular flexibility index (Phi) is 3.70. The summed E-state index contributed by atoms with van der Waals surface area (Å²) in [6.45, 7) is 8.00. The molecular formula is C17H19NO. The predicted octanol–water partition coefficient (Wildman–Crippen LogP) is 4.17. The predicted molar refractivity (Wildman–Crippen MR) is 79.8 cm³/mol. The molecule has 0 atom stereocenters. The van der Waals surface area contributed by atoms with Crippen LogP contribution in [0.1, 0.15) is 32.6 Å². The van der Waals surface area contributed by atoms with Crippen molar-refractivity contribution in [2.24, 2.45) is 0 Å². The quantitative estimate of drug-likeness (QED) is 0.855. The third-order valence-corrected chi connectivity index (χ3v) is 3.27. The van der Waals surface area contributed by atoms with Gasteiger partial charge in [-0.15, -0.1) is 0 Å². The summed E-state index contributed by atoms with van der Waals surface area (Å²) in [5.74, 6) is -0.0480. The summed E-state index contributed by atoms with van der Waals surface area (Å²) in [4.78, 5) is 12.3. The van der Waals surface area contributed by atoms with Crippen molar-refractivity contribution < 1.29 is 4.79 Å². The zero-order chi connectivity index (χ0) is 14.0. The first-order valence-electron chi connectivity index (χ1n) is 6.43. The molecule has 0 aliphatic rings. The van der Waals surface area contributed by atoms with Crippen molar-refractivity contribution in [2.75, 3.05) is 5.32 Å². The molecule has 2 heteroatoms. The van der Waals surface area contributed by atoms with E-state index in [0.717, 1.165) is 27.9 Å². The molecule has 2 aromatic carbocycles. The summed E-state index contributed by atoms with van der Waals surface area (Å²) in [6.07, 6.45) is 0. The Morgan fingerprint density at radius 2 is 1.47 bits per heavy atom. The molecule has 0 aliphatic heterocycles. The number of anilines is 1. The molecule has 1 N–H and O–H groups in total. The van der Waals surface area contributed by atoms with Crippen LogP contribution in [0.25, 0.3) is 0 Å². The van der Waals surface area contributed by atoms with E-state index in [1.54, 1.807) is 0 Å². The fourth-order valence-electron chi connectivity index (χ4n) is 2.12. The summed E-state index contributed by atoms with van der Waals surface area (Å²) in [5.41, 5.74) is 5.97. The molecule has 1 amide bonds. The molecule has 0 heterocycles. The van der Waals surface area contributed by atoms with Gasteiger partial charge in [0.2, 0.25) is 0 Å². The highest BCUT2D eigenvalue weighted by Crippen LogP contribution is 2.18. The van der Waals surface area contributed by atoms with Crippen LogP contribution in [0.15, 0.2) is 36.4 Å². The van der Waals surface area contributed by atoms with Crippen LogP contribution in [0.4, 0.5) is 5.69 Å². The lowest BCUT2D eigenvalue weighted by Gasteiger charge is -2.11.